The highest BCUT2D eigenvalue weighted by molar-refractivity contribution is 8.00. The highest BCUT2D eigenvalue weighted by atomic mass is 32.2. The van der Waals surface area contributed by atoms with Crippen LogP contribution in [-0.2, 0) is 5.75 Å². The van der Waals surface area contributed by atoms with E-state index in [2.05, 4.69) is 20.5 Å². The molecule has 2 aromatic heterocycles. The lowest BCUT2D eigenvalue weighted by atomic mass is 10.1. The number of nitrogens with one attached hydrogen (secondary N) is 2. The van der Waals surface area contributed by atoms with E-state index >= 15 is 0 Å². The number of H-pyrrole nitrogens is 1. The molecule has 1 amide bonds. The zero-order chi connectivity index (χ0) is 21.1. The summed E-state index contributed by atoms with van der Waals surface area (Å²) < 4.78 is 5.79. The van der Waals surface area contributed by atoms with Crippen molar-refractivity contribution in [3.63, 3.8) is 0 Å². The van der Waals surface area contributed by atoms with E-state index in [-0.39, 0.29) is 11.3 Å². The van der Waals surface area contributed by atoms with Crippen LogP contribution in [0.5, 0.6) is 5.75 Å². The number of rotatable bonds is 6. The van der Waals surface area contributed by atoms with Gasteiger partial charge < -0.3 is 9.72 Å². The van der Waals surface area contributed by atoms with E-state index in [0.717, 1.165) is 16.8 Å². The first kappa shape index (κ1) is 20.1. The van der Waals surface area contributed by atoms with Gasteiger partial charge in [0, 0.05) is 34.0 Å². The van der Waals surface area contributed by atoms with Crippen molar-refractivity contribution in [2.45, 2.75) is 17.0 Å². The molecule has 0 aliphatic carbocycles. The third-order valence-corrected chi connectivity index (χ3v) is 6.39. The molecule has 2 aromatic carbocycles. The van der Waals surface area contributed by atoms with Crippen molar-refractivity contribution in [3.8, 4) is 5.75 Å². The predicted octanol–water partition coefficient (Wildman–Crippen LogP) is 4.24. The first-order valence-electron chi connectivity index (χ1n) is 9.06. The molecule has 0 unspecified atom stereocenters. The van der Waals surface area contributed by atoms with Gasteiger partial charge in [0.05, 0.1) is 7.11 Å². The molecular formula is C21H18N4O3S2. The van der Waals surface area contributed by atoms with Crippen LogP contribution in [0.25, 0.3) is 10.9 Å². The Hall–Kier alpha value is -3.17. The zero-order valence-electron chi connectivity index (χ0n) is 16.3. The van der Waals surface area contributed by atoms with Gasteiger partial charge in [0.1, 0.15) is 5.75 Å². The van der Waals surface area contributed by atoms with Crippen molar-refractivity contribution >= 4 is 45.0 Å². The van der Waals surface area contributed by atoms with Crippen LogP contribution in [0.3, 0.4) is 0 Å². The first-order chi connectivity index (χ1) is 14.5. The van der Waals surface area contributed by atoms with E-state index in [4.69, 9.17) is 4.74 Å². The normalized spacial score (nSPS) is 10.9. The predicted molar refractivity (Wildman–Crippen MR) is 120 cm³/mol. The number of aromatic nitrogens is 3. The summed E-state index contributed by atoms with van der Waals surface area (Å²) >= 11 is 2.73. The summed E-state index contributed by atoms with van der Waals surface area (Å²) in [5.74, 6) is 0.961. The average Bonchev–Trinajstić information content (AvgIpc) is 3.20. The van der Waals surface area contributed by atoms with Crippen LogP contribution in [0.2, 0.25) is 0 Å². The number of hydrogen-bond acceptors (Lipinski definition) is 7. The van der Waals surface area contributed by atoms with Gasteiger partial charge in [0.25, 0.3) is 5.91 Å². The lowest BCUT2D eigenvalue weighted by Crippen LogP contribution is -2.11. The van der Waals surface area contributed by atoms with Crippen molar-refractivity contribution < 1.29 is 9.53 Å². The number of aromatic amines is 1. The molecule has 9 heteroatoms. The number of hydrogen-bond donors (Lipinski definition) is 2. The van der Waals surface area contributed by atoms with Crippen LogP contribution in [0.4, 0.5) is 5.13 Å². The van der Waals surface area contributed by atoms with Gasteiger partial charge >= 0.3 is 0 Å². The van der Waals surface area contributed by atoms with Crippen molar-refractivity contribution in [2.24, 2.45) is 0 Å². The number of fused-ring (bicyclic) bond motifs is 1. The Morgan fingerprint density at radius 1 is 1.17 bits per heavy atom. The van der Waals surface area contributed by atoms with Crippen LogP contribution in [-0.4, -0.2) is 28.2 Å². The topological polar surface area (TPSA) is 97.0 Å². The Morgan fingerprint density at radius 2 is 1.97 bits per heavy atom. The van der Waals surface area contributed by atoms with Gasteiger partial charge in [-0.15, -0.1) is 10.2 Å². The van der Waals surface area contributed by atoms with Crippen molar-refractivity contribution in [1.82, 2.24) is 15.2 Å². The lowest BCUT2D eigenvalue weighted by molar-refractivity contribution is 0.102. The first-order valence-corrected chi connectivity index (χ1v) is 10.9. The summed E-state index contributed by atoms with van der Waals surface area (Å²) in [5.41, 5.74) is 3.17. The standard InChI is InChI=1S/C21H18N4O3S2/c1-12-3-8-17-16(9-12)18(26)10-14(22-17)11-29-21-25-24-20(30-21)23-19(27)13-4-6-15(28-2)7-5-13/h3-10H,11H2,1-2H3,(H,22,26)(H,23,24,27). The van der Waals surface area contributed by atoms with Crippen LogP contribution < -0.4 is 15.5 Å². The minimum absolute atomic E-state index is 0.00671. The van der Waals surface area contributed by atoms with Crippen LogP contribution in [0.15, 0.2) is 57.7 Å². The Bertz CT molecular complexity index is 1270. The van der Waals surface area contributed by atoms with Gasteiger partial charge in [0.2, 0.25) is 5.13 Å². The largest absolute Gasteiger partial charge is 0.497 e. The Kier molecular flexibility index (Phi) is 5.82. The molecule has 0 fully saturated rings. The zero-order valence-corrected chi connectivity index (χ0v) is 17.9. The van der Waals surface area contributed by atoms with Crippen LogP contribution in [0, 0.1) is 6.92 Å². The molecule has 0 aliphatic rings. The molecule has 2 N–H and O–H groups in total. The highest BCUT2D eigenvalue weighted by Crippen LogP contribution is 2.28. The highest BCUT2D eigenvalue weighted by Gasteiger charge is 2.11. The monoisotopic (exact) mass is 438 g/mol. The smallest absolute Gasteiger partial charge is 0.257 e. The molecule has 7 nitrogen and oxygen atoms in total. The molecule has 0 bridgehead atoms. The molecule has 0 atom stereocenters. The SMILES string of the molecule is COc1ccc(C(=O)Nc2nnc(SCc3cc(=O)c4cc(C)ccc4[nH]3)s2)cc1. The second-order valence-electron chi connectivity index (χ2n) is 6.55. The molecule has 0 radical (unpaired) electrons. The van der Waals surface area contributed by atoms with Crippen LogP contribution in [0.1, 0.15) is 21.6 Å². The van der Waals surface area contributed by atoms with Gasteiger partial charge in [0.15, 0.2) is 9.77 Å². The fourth-order valence-corrected chi connectivity index (χ4v) is 4.52. The molecule has 2 heterocycles. The molecular weight excluding hydrogens is 420 g/mol. The fraction of sp³-hybridized carbons (Fsp3) is 0.143. The number of nitrogens with zero attached hydrogens (tertiary/aromatic N) is 2. The lowest BCUT2D eigenvalue weighted by Gasteiger charge is -2.04. The third kappa shape index (κ3) is 4.52. The van der Waals surface area contributed by atoms with E-state index in [9.17, 15) is 9.59 Å². The summed E-state index contributed by atoms with van der Waals surface area (Å²) in [6.07, 6.45) is 0. The van der Waals surface area contributed by atoms with Gasteiger partial charge in [-0.25, -0.2) is 0 Å². The average molecular weight is 439 g/mol. The Balaban J connectivity index is 1.41. The van der Waals surface area contributed by atoms with E-state index in [1.165, 1.54) is 23.1 Å². The maximum atomic E-state index is 12.4. The summed E-state index contributed by atoms with van der Waals surface area (Å²) in [6, 6.07) is 14.2. The summed E-state index contributed by atoms with van der Waals surface area (Å²) in [6.45, 7) is 1.96. The second-order valence-corrected chi connectivity index (χ2v) is 8.75. The van der Waals surface area contributed by atoms with Gasteiger partial charge in [-0.2, -0.15) is 0 Å². The van der Waals surface area contributed by atoms with E-state index in [1.807, 2.05) is 25.1 Å². The molecule has 0 spiro atoms. The molecule has 0 saturated heterocycles. The number of amides is 1. The van der Waals surface area contributed by atoms with E-state index in [0.29, 0.717) is 31.9 Å². The third-order valence-electron chi connectivity index (χ3n) is 4.37. The fourth-order valence-electron chi connectivity index (χ4n) is 2.86. The number of anilines is 1. The molecule has 0 aliphatic heterocycles. The van der Waals surface area contributed by atoms with E-state index < -0.39 is 0 Å². The molecule has 152 valence electrons. The van der Waals surface area contributed by atoms with Crippen LogP contribution >= 0.6 is 23.1 Å². The van der Waals surface area contributed by atoms with Crippen molar-refractivity contribution in [2.75, 3.05) is 12.4 Å². The quantitative estimate of drug-likeness (QED) is 0.345. The Labute approximate surface area is 180 Å². The van der Waals surface area contributed by atoms with Gasteiger partial charge in [-0.3, -0.25) is 14.9 Å². The number of carbonyl (C=O) groups is 1. The van der Waals surface area contributed by atoms with Gasteiger partial charge in [-0.05, 0) is 43.3 Å². The maximum Gasteiger partial charge on any atom is 0.257 e. The number of pyridine rings is 1. The maximum absolute atomic E-state index is 12.4. The summed E-state index contributed by atoms with van der Waals surface area (Å²) in [4.78, 5) is 28.0. The minimum Gasteiger partial charge on any atom is -0.497 e. The summed E-state index contributed by atoms with van der Waals surface area (Å²) in [5, 5.41) is 12.0. The molecule has 0 saturated carbocycles. The number of ether oxygens (including phenoxy) is 1. The number of aryl methyl sites for hydroxylation is 1. The van der Waals surface area contributed by atoms with Crippen molar-refractivity contribution in [1.29, 1.82) is 0 Å². The summed E-state index contributed by atoms with van der Waals surface area (Å²) in [7, 11) is 1.57. The number of methoxy groups -OCH3 is 1. The number of carbonyl (C=O) groups excluding carboxylic acids is 1. The van der Waals surface area contributed by atoms with Gasteiger partial charge in [-0.1, -0.05) is 34.7 Å². The number of thioether (sulfide) groups is 1. The molecule has 4 rings (SSSR count). The minimum atomic E-state index is -0.264. The Morgan fingerprint density at radius 3 is 2.73 bits per heavy atom. The van der Waals surface area contributed by atoms with E-state index in [1.54, 1.807) is 37.4 Å². The molecule has 30 heavy (non-hydrogen) atoms. The second kappa shape index (κ2) is 8.68. The number of benzene rings is 2. The van der Waals surface area contributed by atoms with Crippen molar-refractivity contribution in [3.05, 3.63) is 75.6 Å². The molecule has 4 aromatic rings.